The lowest BCUT2D eigenvalue weighted by Gasteiger charge is -2.13. The largest absolute Gasteiger partial charge is 0.373 e. The van der Waals surface area contributed by atoms with Crippen molar-refractivity contribution < 1.29 is 19.4 Å². The van der Waals surface area contributed by atoms with Gasteiger partial charge in [0.05, 0.1) is 12.7 Å². The molecule has 2 rings (SSSR count). The van der Waals surface area contributed by atoms with Crippen molar-refractivity contribution in [2.75, 3.05) is 6.61 Å². The zero-order valence-electron chi connectivity index (χ0n) is 7.07. The Kier molecular flexibility index (Phi) is 2.30. The molecule has 8 nitrogen and oxygen atoms in total. The van der Waals surface area contributed by atoms with E-state index in [-0.39, 0.29) is 12.7 Å². The van der Waals surface area contributed by atoms with E-state index in [1.54, 1.807) is 0 Å². The van der Waals surface area contributed by atoms with Crippen LogP contribution >= 0.6 is 0 Å². The second-order valence-corrected chi connectivity index (χ2v) is 3.14. The predicted molar refractivity (Wildman–Crippen MR) is 40.7 cm³/mol. The zero-order chi connectivity index (χ0) is 10.1. The predicted octanol–water partition coefficient (Wildman–Crippen LogP) is -0.157. The molecule has 0 amide bonds. The minimum Gasteiger partial charge on any atom is -0.373 e. The molecule has 0 spiro atoms. The third-order valence-electron chi connectivity index (χ3n) is 2.29. The maximum atomic E-state index is 10.2. The maximum absolute atomic E-state index is 10.2. The normalized spacial score (nSPS) is 40.6. The van der Waals surface area contributed by atoms with E-state index in [1.165, 1.54) is 0 Å². The van der Waals surface area contributed by atoms with Crippen LogP contribution in [0.5, 0.6) is 0 Å². The summed E-state index contributed by atoms with van der Waals surface area (Å²) in [5.74, 6) is 0. The third kappa shape index (κ3) is 1.53. The van der Waals surface area contributed by atoms with Crippen molar-refractivity contribution in [2.45, 2.75) is 31.0 Å². The van der Waals surface area contributed by atoms with Crippen molar-refractivity contribution in [1.29, 1.82) is 0 Å². The number of hydrogen-bond acceptors (Lipinski definition) is 7. The summed E-state index contributed by atoms with van der Waals surface area (Å²) in [6.07, 6.45) is -2.05. The van der Waals surface area contributed by atoms with Crippen LogP contribution in [0.3, 0.4) is 0 Å². The lowest BCUT2D eigenvalue weighted by molar-refractivity contribution is -0.769. The van der Waals surface area contributed by atoms with E-state index in [0.29, 0.717) is 6.42 Å². The Morgan fingerprint density at radius 3 is 3.00 bits per heavy atom. The molecule has 2 aliphatic rings. The molecule has 78 valence electrons. The summed E-state index contributed by atoms with van der Waals surface area (Å²) < 4.78 is 10.3. The Morgan fingerprint density at radius 1 is 1.57 bits per heavy atom. The molecule has 0 aromatic heterocycles. The van der Waals surface area contributed by atoms with Crippen LogP contribution in [0.15, 0.2) is 5.18 Å². The van der Waals surface area contributed by atoms with Gasteiger partial charge in [0.1, 0.15) is 6.10 Å². The number of fused-ring (bicyclic) bond motifs is 1. The molecular formula is C6H8N2O6. The van der Waals surface area contributed by atoms with Gasteiger partial charge in [-0.3, -0.25) is 0 Å². The molecule has 4 atom stereocenters. The summed E-state index contributed by atoms with van der Waals surface area (Å²) in [6.45, 7) is 0.113. The van der Waals surface area contributed by atoms with Gasteiger partial charge in [-0.15, -0.1) is 15.0 Å². The van der Waals surface area contributed by atoms with Crippen LogP contribution in [-0.4, -0.2) is 36.2 Å². The van der Waals surface area contributed by atoms with Crippen LogP contribution in [0.25, 0.3) is 0 Å². The first-order valence-corrected chi connectivity index (χ1v) is 4.11. The van der Waals surface area contributed by atoms with Crippen molar-refractivity contribution in [2.24, 2.45) is 5.18 Å². The standard InChI is InChI=1S/C6H8N2O6/c9-7-5-1-3-6(13-5)4(2-12-3)14-8(10)11/h3-6H,1-2H2. The molecule has 8 heteroatoms. The van der Waals surface area contributed by atoms with Gasteiger partial charge < -0.3 is 14.3 Å². The van der Waals surface area contributed by atoms with Gasteiger partial charge in [-0.1, -0.05) is 0 Å². The molecule has 2 aliphatic heterocycles. The number of hydrogen-bond donors (Lipinski definition) is 0. The molecule has 0 saturated carbocycles. The summed E-state index contributed by atoms with van der Waals surface area (Å²) in [5.41, 5.74) is 0. The summed E-state index contributed by atoms with van der Waals surface area (Å²) >= 11 is 0. The maximum Gasteiger partial charge on any atom is 0.294 e. The Labute approximate surface area is 78.2 Å². The van der Waals surface area contributed by atoms with Crippen LogP contribution in [0.4, 0.5) is 0 Å². The minimum atomic E-state index is -0.887. The van der Waals surface area contributed by atoms with Gasteiger partial charge >= 0.3 is 0 Å². The van der Waals surface area contributed by atoms with Crippen LogP contribution < -0.4 is 0 Å². The fourth-order valence-electron chi connectivity index (χ4n) is 1.73. The average Bonchev–Trinajstić information content (AvgIpc) is 2.66. The smallest absolute Gasteiger partial charge is 0.294 e. The average molecular weight is 204 g/mol. The second kappa shape index (κ2) is 3.46. The third-order valence-corrected chi connectivity index (χ3v) is 2.29. The molecule has 0 bridgehead atoms. The highest BCUT2D eigenvalue weighted by Crippen LogP contribution is 2.32. The van der Waals surface area contributed by atoms with E-state index < -0.39 is 23.5 Å². The van der Waals surface area contributed by atoms with Gasteiger partial charge in [0.2, 0.25) is 0 Å². The molecule has 0 radical (unpaired) electrons. The van der Waals surface area contributed by atoms with Gasteiger partial charge in [0.15, 0.2) is 12.3 Å². The van der Waals surface area contributed by atoms with Crippen molar-refractivity contribution >= 4 is 0 Å². The van der Waals surface area contributed by atoms with Gasteiger partial charge in [0.25, 0.3) is 5.09 Å². The van der Waals surface area contributed by atoms with E-state index in [9.17, 15) is 15.0 Å². The number of rotatable bonds is 3. The van der Waals surface area contributed by atoms with Crippen LogP contribution in [0, 0.1) is 15.0 Å². The highest BCUT2D eigenvalue weighted by Gasteiger charge is 2.48. The van der Waals surface area contributed by atoms with Gasteiger partial charge in [0, 0.05) is 6.42 Å². The fourth-order valence-corrected chi connectivity index (χ4v) is 1.73. The molecule has 2 saturated heterocycles. The topological polar surface area (TPSA) is 100 Å². The van der Waals surface area contributed by atoms with Crippen molar-refractivity contribution in [3.63, 3.8) is 0 Å². The van der Waals surface area contributed by atoms with E-state index >= 15 is 0 Å². The summed E-state index contributed by atoms with van der Waals surface area (Å²) in [6, 6.07) is 0. The van der Waals surface area contributed by atoms with Crippen molar-refractivity contribution in [1.82, 2.24) is 0 Å². The second-order valence-electron chi connectivity index (χ2n) is 3.14. The molecule has 2 heterocycles. The minimum absolute atomic E-state index is 0.113. The monoisotopic (exact) mass is 204 g/mol. The summed E-state index contributed by atoms with van der Waals surface area (Å²) in [4.78, 5) is 24.6. The lowest BCUT2D eigenvalue weighted by Crippen LogP contribution is -2.32. The quantitative estimate of drug-likeness (QED) is 0.359. The molecule has 0 aromatic carbocycles. The molecule has 0 aliphatic carbocycles. The molecule has 2 fully saturated rings. The Morgan fingerprint density at radius 2 is 2.36 bits per heavy atom. The summed E-state index contributed by atoms with van der Waals surface area (Å²) in [7, 11) is 0. The SMILES string of the molecule is O=NC1CC2OCC(O[N+](=O)[O-])C2O1. The van der Waals surface area contributed by atoms with Crippen molar-refractivity contribution in [3.05, 3.63) is 15.0 Å². The first kappa shape index (κ1) is 9.28. The molecular weight excluding hydrogens is 196 g/mol. The van der Waals surface area contributed by atoms with Crippen LogP contribution in [0.1, 0.15) is 6.42 Å². The first-order valence-electron chi connectivity index (χ1n) is 4.11. The number of nitroso groups, excluding NO2 is 1. The van der Waals surface area contributed by atoms with Crippen LogP contribution in [-0.2, 0) is 14.3 Å². The van der Waals surface area contributed by atoms with E-state index in [1.807, 2.05) is 0 Å². The van der Waals surface area contributed by atoms with Gasteiger partial charge in [-0.05, 0) is 5.18 Å². The van der Waals surface area contributed by atoms with Gasteiger partial charge in [-0.2, -0.15) is 0 Å². The lowest BCUT2D eigenvalue weighted by atomic mass is 10.1. The molecule has 0 aromatic rings. The number of ether oxygens (including phenoxy) is 2. The van der Waals surface area contributed by atoms with Crippen molar-refractivity contribution in [3.8, 4) is 0 Å². The molecule has 4 unspecified atom stereocenters. The fraction of sp³-hybridized carbons (Fsp3) is 1.00. The number of nitrogens with zero attached hydrogens (tertiary/aromatic N) is 2. The van der Waals surface area contributed by atoms with E-state index in [0.717, 1.165) is 0 Å². The highest BCUT2D eigenvalue weighted by atomic mass is 17.0. The van der Waals surface area contributed by atoms with E-state index in [2.05, 4.69) is 10.0 Å². The summed E-state index contributed by atoms with van der Waals surface area (Å²) in [5, 5.41) is 11.9. The first-order chi connectivity index (χ1) is 6.70. The van der Waals surface area contributed by atoms with E-state index in [4.69, 9.17) is 9.47 Å². The highest BCUT2D eigenvalue weighted by molar-refractivity contribution is 4.92. The Bertz CT molecular complexity index is 259. The van der Waals surface area contributed by atoms with Gasteiger partial charge in [-0.25, -0.2) is 0 Å². The Balaban J connectivity index is 1.97. The molecule has 0 N–H and O–H groups in total. The zero-order valence-corrected chi connectivity index (χ0v) is 7.07. The van der Waals surface area contributed by atoms with Crippen LogP contribution in [0.2, 0.25) is 0 Å². The molecule has 14 heavy (non-hydrogen) atoms. The Hall–Kier alpha value is -1.28.